The highest BCUT2D eigenvalue weighted by atomic mass is 16.5. The fourth-order valence-corrected chi connectivity index (χ4v) is 3.11. The summed E-state index contributed by atoms with van der Waals surface area (Å²) >= 11 is 0. The lowest BCUT2D eigenvalue weighted by molar-refractivity contribution is -0.126. The van der Waals surface area contributed by atoms with Crippen molar-refractivity contribution in [2.24, 2.45) is 5.92 Å². The van der Waals surface area contributed by atoms with Crippen LogP contribution in [0, 0.1) is 19.8 Å². The van der Waals surface area contributed by atoms with Crippen molar-refractivity contribution in [2.45, 2.75) is 20.3 Å². The number of urea groups is 1. The third-order valence-corrected chi connectivity index (χ3v) is 4.22. The molecule has 0 radical (unpaired) electrons. The van der Waals surface area contributed by atoms with Crippen LogP contribution in [-0.4, -0.2) is 56.0 Å². The van der Waals surface area contributed by atoms with Gasteiger partial charge in [-0.05, 0) is 37.1 Å². The summed E-state index contributed by atoms with van der Waals surface area (Å²) in [5, 5.41) is 2.90. The Morgan fingerprint density at radius 2 is 2.00 bits per heavy atom. The molecule has 1 aliphatic rings. The molecule has 6 heteroatoms. The molecule has 23 heavy (non-hydrogen) atoms. The number of hydrogen-bond acceptors (Lipinski definition) is 3. The number of nitrogens with zero attached hydrogens (tertiary/aromatic N) is 2. The topological polar surface area (TPSA) is 61.9 Å². The van der Waals surface area contributed by atoms with Crippen LogP contribution in [0.4, 0.5) is 10.5 Å². The maximum atomic E-state index is 12.3. The summed E-state index contributed by atoms with van der Waals surface area (Å²) in [6, 6.07) is 3.62. The molecule has 1 aromatic carbocycles. The van der Waals surface area contributed by atoms with Gasteiger partial charge >= 0.3 is 6.03 Å². The largest absolute Gasteiger partial charge is 0.496 e. The Morgan fingerprint density at radius 1 is 1.39 bits per heavy atom. The number of rotatable bonds is 4. The summed E-state index contributed by atoms with van der Waals surface area (Å²) in [4.78, 5) is 27.2. The first-order chi connectivity index (χ1) is 10.8. The quantitative estimate of drug-likeness (QED) is 0.926. The molecule has 1 saturated heterocycles. The highest BCUT2D eigenvalue weighted by Gasteiger charge is 2.28. The standard InChI is InChI=1S/C17H25N3O3/c1-11-6-14(7-12(2)16(11)23-5)18-17(22)20(4)10-13-8-15(21)19(3)9-13/h6-7,13H,8-10H2,1-5H3,(H,18,22)/t13-/m0/s1. The molecule has 0 unspecified atom stereocenters. The van der Waals surface area contributed by atoms with Gasteiger partial charge in [0.25, 0.3) is 0 Å². The molecule has 1 N–H and O–H groups in total. The number of ether oxygens (including phenoxy) is 1. The van der Waals surface area contributed by atoms with E-state index in [9.17, 15) is 9.59 Å². The highest BCUT2D eigenvalue weighted by molar-refractivity contribution is 5.89. The van der Waals surface area contributed by atoms with Crippen LogP contribution in [0.2, 0.25) is 0 Å². The first-order valence-corrected chi connectivity index (χ1v) is 7.73. The highest BCUT2D eigenvalue weighted by Crippen LogP contribution is 2.27. The molecule has 6 nitrogen and oxygen atoms in total. The van der Waals surface area contributed by atoms with Crippen LogP contribution in [-0.2, 0) is 4.79 Å². The van der Waals surface area contributed by atoms with Gasteiger partial charge in [-0.15, -0.1) is 0 Å². The molecule has 0 aliphatic carbocycles. The second-order valence-corrected chi connectivity index (χ2v) is 6.30. The molecule has 0 saturated carbocycles. The van der Waals surface area contributed by atoms with Crippen LogP contribution in [0.15, 0.2) is 12.1 Å². The molecule has 1 aliphatic heterocycles. The van der Waals surface area contributed by atoms with Crippen molar-refractivity contribution in [1.82, 2.24) is 9.80 Å². The zero-order chi connectivity index (χ0) is 17.1. The minimum absolute atomic E-state index is 0.144. The molecule has 1 heterocycles. The molecule has 1 atom stereocenters. The maximum absolute atomic E-state index is 12.3. The van der Waals surface area contributed by atoms with Crippen molar-refractivity contribution in [3.8, 4) is 5.75 Å². The number of benzene rings is 1. The molecule has 0 aromatic heterocycles. The zero-order valence-electron chi connectivity index (χ0n) is 14.5. The Balaban J connectivity index is 1.97. The van der Waals surface area contributed by atoms with Crippen molar-refractivity contribution in [3.05, 3.63) is 23.3 Å². The third kappa shape index (κ3) is 3.94. The molecular weight excluding hydrogens is 294 g/mol. The smallest absolute Gasteiger partial charge is 0.321 e. The number of hydrogen-bond donors (Lipinski definition) is 1. The SMILES string of the molecule is COc1c(C)cc(NC(=O)N(C)C[C@H]2CC(=O)N(C)C2)cc1C. The van der Waals surface area contributed by atoms with Crippen LogP contribution in [0.1, 0.15) is 17.5 Å². The van der Waals surface area contributed by atoms with E-state index >= 15 is 0 Å². The van der Waals surface area contributed by atoms with E-state index in [-0.39, 0.29) is 17.9 Å². The second-order valence-electron chi connectivity index (χ2n) is 6.30. The fraction of sp³-hybridized carbons (Fsp3) is 0.529. The number of nitrogens with one attached hydrogen (secondary N) is 1. The summed E-state index contributed by atoms with van der Waals surface area (Å²) in [6.45, 7) is 5.17. The van der Waals surface area contributed by atoms with Crippen LogP contribution < -0.4 is 10.1 Å². The van der Waals surface area contributed by atoms with Crippen molar-refractivity contribution < 1.29 is 14.3 Å². The van der Waals surface area contributed by atoms with E-state index in [2.05, 4.69) is 5.32 Å². The summed E-state index contributed by atoms with van der Waals surface area (Å²) in [5.74, 6) is 1.18. The van der Waals surface area contributed by atoms with Crippen LogP contribution in [0.3, 0.4) is 0 Å². The normalized spacial score (nSPS) is 17.3. The Hall–Kier alpha value is -2.24. The van der Waals surface area contributed by atoms with Gasteiger partial charge in [-0.1, -0.05) is 0 Å². The molecule has 0 spiro atoms. The molecule has 0 bridgehead atoms. The summed E-state index contributed by atoms with van der Waals surface area (Å²) in [7, 11) is 5.19. The zero-order valence-corrected chi connectivity index (χ0v) is 14.5. The maximum Gasteiger partial charge on any atom is 0.321 e. The Labute approximate surface area is 137 Å². The monoisotopic (exact) mass is 319 g/mol. The van der Waals surface area contributed by atoms with Gasteiger partial charge < -0.3 is 19.9 Å². The van der Waals surface area contributed by atoms with E-state index in [1.165, 1.54) is 0 Å². The minimum atomic E-state index is -0.170. The molecule has 126 valence electrons. The average Bonchev–Trinajstić information content (AvgIpc) is 2.76. The van der Waals surface area contributed by atoms with Crippen molar-refractivity contribution >= 4 is 17.6 Å². The lowest BCUT2D eigenvalue weighted by Crippen LogP contribution is -2.36. The van der Waals surface area contributed by atoms with E-state index in [0.717, 1.165) is 22.6 Å². The van der Waals surface area contributed by atoms with E-state index in [1.54, 1.807) is 31.0 Å². The summed E-state index contributed by atoms with van der Waals surface area (Å²) < 4.78 is 5.33. The Morgan fingerprint density at radius 3 is 2.48 bits per heavy atom. The van der Waals surface area contributed by atoms with E-state index in [4.69, 9.17) is 4.74 Å². The number of aryl methyl sites for hydroxylation is 2. The number of carbonyl (C=O) groups is 2. The van der Waals surface area contributed by atoms with E-state index < -0.39 is 0 Å². The van der Waals surface area contributed by atoms with Crippen LogP contribution >= 0.6 is 0 Å². The van der Waals surface area contributed by atoms with Crippen LogP contribution in [0.25, 0.3) is 0 Å². The molecule has 2 rings (SSSR count). The number of amides is 3. The van der Waals surface area contributed by atoms with Crippen LogP contribution in [0.5, 0.6) is 5.75 Å². The summed E-state index contributed by atoms with van der Waals surface area (Å²) in [5.41, 5.74) is 2.71. The van der Waals surface area contributed by atoms with Gasteiger partial charge in [-0.25, -0.2) is 4.79 Å². The van der Waals surface area contributed by atoms with Gasteiger partial charge in [-0.3, -0.25) is 4.79 Å². The van der Waals surface area contributed by atoms with Gasteiger partial charge in [0.05, 0.1) is 7.11 Å². The number of anilines is 1. The predicted octanol–water partition coefficient (Wildman–Crippen LogP) is 2.25. The van der Waals surface area contributed by atoms with Crippen molar-refractivity contribution in [1.29, 1.82) is 0 Å². The van der Waals surface area contributed by atoms with E-state index in [0.29, 0.717) is 19.5 Å². The Kier molecular flexibility index (Phi) is 5.13. The Bertz CT molecular complexity index is 592. The number of carbonyl (C=O) groups excluding carboxylic acids is 2. The fourth-order valence-electron chi connectivity index (χ4n) is 3.11. The number of likely N-dealkylation sites (tertiary alicyclic amines) is 1. The van der Waals surface area contributed by atoms with E-state index in [1.807, 2.05) is 26.0 Å². The second kappa shape index (κ2) is 6.89. The van der Waals surface area contributed by atoms with Gasteiger partial charge in [0.2, 0.25) is 5.91 Å². The molecule has 3 amide bonds. The molecular formula is C17H25N3O3. The third-order valence-electron chi connectivity index (χ3n) is 4.22. The minimum Gasteiger partial charge on any atom is -0.496 e. The van der Waals surface area contributed by atoms with Gasteiger partial charge in [-0.2, -0.15) is 0 Å². The first-order valence-electron chi connectivity index (χ1n) is 7.73. The average molecular weight is 319 g/mol. The predicted molar refractivity (Wildman–Crippen MR) is 89.9 cm³/mol. The lowest BCUT2D eigenvalue weighted by atomic mass is 10.1. The molecule has 1 aromatic rings. The van der Waals surface area contributed by atoms with Gasteiger partial charge in [0.15, 0.2) is 0 Å². The molecule has 1 fully saturated rings. The van der Waals surface area contributed by atoms with Crippen molar-refractivity contribution in [3.63, 3.8) is 0 Å². The van der Waals surface area contributed by atoms with Crippen molar-refractivity contribution in [2.75, 3.05) is 39.6 Å². The van der Waals surface area contributed by atoms with Gasteiger partial charge in [0, 0.05) is 45.2 Å². The lowest BCUT2D eigenvalue weighted by Gasteiger charge is -2.22. The summed E-state index contributed by atoms with van der Waals surface area (Å²) in [6.07, 6.45) is 0.509. The first kappa shape index (κ1) is 17.1. The van der Waals surface area contributed by atoms with Gasteiger partial charge in [0.1, 0.15) is 5.75 Å². The number of methoxy groups -OCH3 is 1.